The van der Waals surface area contributed by atoms with E-state index >= 15 is 0 Å². The van der Waals surface area contributed by atoms with Crippen LogP contribution in [-0.4, -0.2) is 88.3 Å². The summed E-state index contributed by atoms with van der Waals surface area (Å²) in [5.74, 6) is -1.08. The molecule has 3 fully saturated rings. The van der Waals surface area contributed by atoms with E-state index in [9.17, 15) is 19.1 Å². The predicted molar refractivity (Wildman–Crippen MR) is 145 cm³/mol. The molecule has 14 heteroatoms. The van der Waals surface area contributed by atoms with Gasteiger partial charge in [-0.1, -0.05) is 26.0 Å². The van der Waals surface area contributed by atoms with Crippen LogP contribution in [0, 0.1) is 16.6 Å². The minimum Gasteiger partial charge on any atom is -0.492 e. The van der Waals surface area contributed by atoms with Gasteiger partial charge in [0.2, 0.25) is 0 Å². The van der Waals surface area contributed by atoms with E-state index in [4.69, 9.17) is 15.6 Å². The van der Waals surface area contributed by atoms with Gasteiger partial charge in [0, 0.05) is 18.7 Å². The van der Waals surface area contributed by atoms with Crippen LogP contribution in [0.25, 0.3) is 0 Å². The van der Waals surface area contributed by atoms with E-state index in [2.05, 4.69) is 45.4 Å². The molecule has 8 N–H and O–H groups in total. The smallest absolute Gasteiger partial charge is 0.269 e. The number of para-hydroxylation sites is 1. The minimum absolute atomic E-state index is 0.00943. The molecule has 5 heterocycles. The number of hydrogen-bond acceptors (Lipinski definition) is 7. The molecule has 0 aliphatic carbocycles. The van der Waals surface area contributed by atoms with Crippen molar-refractivity contribution < 1.29 is 23.8 Å². The monoisotopic (exact) mass is 565 g/mol. The zero-order valence-corrected chi connectivity index (χ0v) is 22.5. The van der Waals surface area contributed by atoms with E-state index in [0.717, 1.165) is 24.2 Å². The number of guanidine groups is 2. The van der Waals surface area contributed by atoms with Crippen molar-refractivity contribution in [2.75, 3.05) is 19.7 Å². The number of nitrogens with one attached hydrogen (secondary N) is 7. The van der Waals surface area contributed by atoms with Crippen LogP contribution in [-0.2, 0) is 5.41 Å². The minimum atomic E-state index is -1.34. The van der Waals surface area contributed by atoms with Gasteiger partial charge in [-0.05, 0) is 30.0 Å². The Morgan fingerprint density at radius 1 is 1.22 bits per heavy atom. The molecule has 0 saturated carbocycles. The normalized spacial score (nSPS) is 29.1. The first-order valence-electron chi connectivity index (χ1n) is 13.4. The highest BCUT2D eigenvalue weighted by Gasteiger charge is 2.66. The zero-order chi connectivity index (χ0) is 29.1. The Morgan fingerprint density at radius 2 is 2.02 bits per heavy atom. The number of carbonyl (C=O) groups excluding carboxylic acids is 2. The number of aliphatic hydroxyl groups is 1. The fraction of sp³-hybridized carbons (Fsp3) is 0.444. The fourth-order valence-corrected chi connectivity index (χ4v) is 6.30. The lowest BCUT2D eigenvalue weighted by Crippen LogP contribution is -2.78. The highest BCUT2D eigenvalue weighted by molar-refractivity contribution is 5.98. The summed E-state index contributed by atoms with van der Waals surface area (Å²) < 4.78 is 19.1. The molecule has 2 amide bonds. The van der Waals surface area contributed by atoms with Crippen molar-refractivity contribution in [3.63, 3.8) is 0 Å². The van der Waals surface area contributed by atoms with Gasteiger partial charge in [0.1, 0.15) is 23.4 Å². The van der Waals surface area contributed by atoms with Crippen LogP contribution >= 0.6 is 0 Å². The quantitative estimate of drug-likeness (QED) is 0.238. The van der Waals surface area contributed by atoms with Crippen molar-refractivity contribution in [2.45, 2.75) is 55.6 Å². The Morgan fingerprint density at radius 3 is 2.78 bits per heavy atom. The number of ether oxygens (including phenoxy) is 1. The van der Waals surface area contributed by atoms with E-state index in [1.54, 1.807) is 11.0 Å². The van der Waals surface area contributed by atoms with Crippen LogP contribution < -0.4 is 31.3 Å². The van der Waals surface area contributed by atoms with Gasteiger partial charge < -0.3 is 41.3 Å². The fourth-order valence-electron chi connectivity index (χ4n) is 6.30. The molecule has 6 rings (SSSR count). The Kier molecular flexibility index (Phi) is 6.25. The van der Waals surface area contributed by atoms with Gasteiger partial charge in [-0.3, -0.25) is 20.4 Å². The lowest BCUT2D eigenvalue weighted by molar-refractivity contribution is 0.00611. The number of benzene rings is 1. The third kappa shape index (κ3) is 4.29. The van der Waals surface area contributed by atoms with Crippen LogP contribution in [0.1, 0.15) is 46.7 Å². The van der Waals surface area contributed by atoms with E-state index in [0.29, 0.717) is 17.9 Å². The first-order chi connectivity index (χ1) is 19.5. The Hall–Kier alpha value is -4.46. The number of amides is 2. The Bertz CT molecular complexity index is 1430. The number of aliphatic hydroxyl groups excluding tert-OH is 1. The number of halogens is 1. The van der Waals surface area contributed by atoms with Crippen LogP contribution in [0.2, 0.25) is 0 Å². The number of fused-ring (bicyclic) bond motifs is 1. The van der Waals surface area contributed by atoms with Crippen molar-refractivity contribution in [1.29, 1.82) is 10.8 Å². The van der Waals surface area contributed by atoms with Gasteiger partial charge in [0.15, 0.2) is 17.6 Å². The molecule has 2 aromatic rings. The molecule has 1 spiro atoms. The molecule has 41 heavy (non-hydrogen) atoms. The van der Waals surface area contributed by atoms with Gasteiger partial charge >= 0.3 is 0 Å². The van der Waals surface area contributed by atoms with Crippen molar-refractivity contribution in [3.05, 3.63) is 59.2 Å². The summed E-state index contributed by atoms with van der Waals surface area (Å²) >= 11 is 0. The SMILES string of the molecule is CC1(C)CCOc2c(C(=O)NC3CN4C(=N)N[C@@H](CNC(=O)c5ccc(F)cn5)C5NC(=N)NC54[C@@H]3O)cccc21. The van der Waals surface area contributed by atoms with E-state index < -0.39 is 47.5 Å². The highest BCUT2D eigenvalue weighted by Crippen LogP contribution is 2.41. The molecule has 216 valence electrons. The lowest BCUT2D eigenvalue weighted by Gasteiger charge is -2.49. The molecule has 4 aliphatic rings. The van der Waals surface area contributed by atoms with Gasteiger partial charge in [-0.25, -0.2) is 9.37 Å². The summed E-state index contributed by atoms with van der Waals surface area (Å²) in [7, 11) is 0. The molecule has 13 nitrogen and oxygen atoms in total. The second-order valence-corrected chi connectivity index (χ2v) is 11.4. The maximum atomic E-state index is 13.5. The maximum Gasteiger partial charge on any atom is 0.269 e. The standard InChI is InChI=1S/C27H32FN9O4/c1-26(2)8-9-41-19-14(4-3-5-15(19)26)22(39)33-18-12-37-25(30)34-17(20-27(37,21(18)38)36-24(29)35-20)11-32-23(40)16-7-6-13(28)10-31-16/h3-7,10,17-18,20-21,38H,8-9,11-12H2,1-2H3,(H2,30,34)(H,32,40)(H,33,39)(H3,29,35,36)/t17-,18?,20?,21+,27?/m0/s1. The molecule has 0 radical (unpaired) electrons. The van der Waals surface area contributed by atoms with E-state index in [1.807, 2.05) is 12.1 Å². The van der Waals surface area contributed by atoms with Crippen molar-refractivity contribution in [3.8, 4) is 5.75 Å². The molecule has 3 unspecified atom stereocenters. The topological polar surface area (TPSA) is 188 Å². The van der Waals surface area contributed by atoms with Crippen LogP contribution in [0.15, 0.2) is 36.5 Å². The predicted octanol–water partition coefficient (Wildman–Crippen LogP) is -0.415. The third-order valence-corrected chi connectivity index (χ3v) is 8.47. The van der Waals surface area contributed by atoms with Crippen LogP contribution in [0.5, 0.6) is 5.75 Å². The summed E-state index contributed by atoms with van der Waals surface area (Å²) in [6.07, 6.45) is 0.539. The number of aromatic nitrogens is 1. The first kappa shape index (κ1) is 26.7. The van der Waals surface area contributed by atoms with Gasteiger partial charge in [-0.2, -0.15) is 0 Å². The number of carbonyl (C=O) groups is 2. The molecular weight excluding hydrogens is 533 g/mol. The average molecular weight is 566 g/mol. The largest absolute Gasteiger partial charge is 0.492 e. The summed E-state index contributed by atoms with van der Waals surface area (Å²) in [6, 6.07) is 5.77. The Labute approximate surface area is 235 Å². The zero-order valence-electron chi connectivity index (χ0n) is 22.5. The Balaban J connectivity index is 1.22. The second-order valence-electron chi connectivity index (χ2n) is 11.4. The van der Waals surface area contributed by atoms with E-state index in [-0.39, 0.29) is 36.1 Å². The molecule has 5 atom stereocenters. The van der Waals surface area contributed by atoms with Crippen LogP contribution in [0.4, 0.5) is 4.39 Å². The van der Waals surface area contributed by atoms with Crippen LogP contribution in [0.3, 0.4) is 0 Å². The highest BCUT2D eigenvalue weighted by atomic mass is 19.1. The van der Waals surface area contributed by atoms with Crippen molar-refractivity contribution in [2.24, 2.45) is 0 Å². The second kappa shape index (κ2) is 9.58. The average Bonchev–Trinajstić information content (AvgIpc) is 3.43. The van der Waals surface area contributed by atoms with Crippen molar-refractivity contribution >= 4 is 23.7 Å². The summed E-state index contributed by atoms with van der Waals surface area (Å²) in [6.45, 7) is 4.81. The molecule has 4 aliphatic heterocycles. The number of nitrogens with zero attached hydrogens (tertiary/aromatic N) is 2. The summed E-state index contributed by atoms with van der Waals surface area (Å²) in [5.41, 5.74) is -0.148. The van der Waals surface area contributed by atoms with Gasteiger partial charge in [0.05, 0.1) is 36.5 Å². The molecule has 0 bridgehead atoms. The van der Waals surface area contributed by atoms with Crippen molar-refractivity contribution in [1.82, 2.24) is 36.5 Å². The number of hydrogen-bond donors (Lipinski definition) is 8. The molecule has 3 saturated heterocycles. The first-order valence-corrected chi connectivity index (χ1v) is 13.4. The number of rotatable bonds is 5. The summed E-state index contributed by atoms with van der Waals surface area (Å²) in [5, 5.41) is 43.3. The van der Waals surface area contributed by atoms with Gasteiger partial charge in [0.25, 0.3) is 11.8 Å². The number of pyridine rings is 1. The molecule has 1 aromatic carbocycles. The van der Waals surface area contributed by atoms with Gasteiger partial charge in [-0.15, -0.1) is 0 Å². The third-order valence-electron chi connectivity index (χ3n) is 8.47. The maximum absolute atomic E-state index is 13.5. The molecular formula is C27H32FN9O4. The molecule has 1 aromatic heterocycles. The van der Waals surface area contributed by atoms with E-state index in [1.165, 1.54) is 6.07 Å². The lowest BCUT2D eigenvalue weighted by atomic mass is 9.79. The summed E-state index contributed by atoms with van der Waals surface area (Å²) in [4.78, 5) is 31.5.